The fraction of sp³-hybridized carbons (Fsp3) is 0. The highest BCUT2D eigenvalue weighted by Gasteiger charge is 2.25. The highest BCUT2D eigenvalue weighted by atomic mass is 127. The lowest BCUT2D eigenvalue weighted by Crippen LogP contribution is -2.05. The minimum atomic E-state index is -0.628. The summed E-state index contributed by atoms with van der Waals surface area (Å²) in [6, 6.07) is 13.5. The Bertz CT molecular complexity index is 874. The molecule has 0 saturated heterocycles. The molecule has 0 atom stereocenters. The first-order valence-corrected chi connectivity index (χ1v) is 7.64. The molecule has 23 heavy (non-hydrogen) atoms. The van der Waals surface area contributed by atoms with Gasteiger partial charge in [-0.15, -0.1) is 0 Å². The Morgan fingerprint density at radius 3 is 2.70 bits per heavy atom. The molecule has 0 fully saturated rings. The molecule has 0 saturated carbocycles. The minimum absolute atomic E-state index is 0.0353. The average Bonchev–Trinajstić information content (AvgIpc) is 2.89. The van der Waals surface area contributed by atoms with Gasteiger partial charge in [-0.05, 0) is 52.9 Å². The number of esters is 1. The van der Waals surface area contributed by atoms with Crippen LogP contribution in [0.1, 0.15) is 11.1 Å². The predicted molar refractivity (Wildman–Crippen MR) is 92.9 cm³/mol. The molecule has 1 aliphatic rings. The summed E-state index contributed by atoms with van der Waals surface area (Å²) in [6.45, 7) is 0. The van der Waals surface area contributed by atoms with Crippen molar-refractivity contribution in [3.05, 3.63) is 79.0 Å². The van der Waals surface area contributed by atoms with E-state index in [2.05, 4.69) is 27.6 Å². The number of hydrogen-bond donors (Lipinski definition) is 0. The van der Waals surface area contributed by atoms with Gasteiger partial charge in [0.2, 0.25) is 5.90 Å². The summed E-state index contributed by atoms with van der Waals surface area (Å²) >= 11 is 2.15. The first-order chi connectivity index (χ1) is 11.0. The lowest BCUT2D eigenvalue weighted by molar-refractivity contribution is -0.385. The van der Waals surface area contributed by atoms with E-state index in [1.165, 1.54) is 12.1 Å². The van der Waals surface area contributed by atoms with Crippen molar-refractivity contribution < 1.29 is 14.5 Å². The first kappa shape index (κ1) is 15.3. The Labute approximate surface area is 144 Å². The van der Waals surface area contributed by atoms with Crippen LogP contribution < -0.4 is 0 Å². The van der Waals surface area contributed by atoms with Gasteiger partial charge in [0.15, 0.2) is 5.70 Å². The van der Waals surface area contributed by atoms with Crippen LogP contribution in [0.5, 0.6) is 0 Å². The van der Waals surface area contributed by atoms with Crippen molar-refractivity contribution in [3.63, 3.8) is 0 Å². The molecule has 1 heterocycles. The third-order valence-electron chi connectivity index (χ3n) is 3.12. The zero-order valence-electron chi connectivity index (χ0n) is 11.6. The summed E-state index contributed by atoms with van der Waals surface area (Å²) in [5.41, 5.74) is 0.923. The van der Waals surface area contributed by atoms with Gasteiger partial charge in [-0.3, -0.25) is 10.1 Å². The molecule has 114 valence electrons. The summed E-state index contributed by atoms with van der Waals surface area (Å²) in [4.78, 5) is 26.6. The Hall–Kier alpha value is -2.55. The second-order valence-corrected chi connectivity index (χ2v) is 5.91. The number of benzene rings is 2. The average molecular weight is 420 g/mol. The molecule has 0 bridgehead atoms. The number of ether oxygens (including phenoxy) is 1. The third kappa shape index (κ3) is 3.29. The van der Waals surface area contributed by atoms with Crippen LogP contribution in [0.2, 0.25) is 0 Å². The molecule has 3 rings (SSSR count). The summed E-state index contributed by atoms with van der Waals surface area (Å²) in [7, 11) is 0. The van der Waals surface area contributed by atoms with Crippen molar-refractivity contribution >= 4 is 46.2 Å². The van der Waals surface area contributed by atoms with Gasteiger partial charge in [-0.25, -0.2) is 9.79 Å². The number of para-hydroxylation sites is 1. The zero-order valence-corrected chi connectivity index (χ0v) is 13.8. The molecular weight excluding hydrogens is 411 g/mol. The number of hydrogen-bond acceptors (Lipinski definition) is 5. The van der Waals surface area contributed by atoms with Gasteiger partial charge in [0.1, 0.15) is 0 Å². The van der Waals surface area contributed by atoms with Crippen LogP contribution >= 0.6 is 22.6 Å². The summed E-state index contributed by atoms with van der Waals surface area (Å²) in [5, 5.41) is 11.0. The largest absolute Gasteiger partial charge is 0.402 e. The summed E-state index contributed by atoms with van der Waals surface area (Å²) in [6.07, 6.45) is 1.36. The van der Waals surface area contributed by atoms with Crippen LogP contribution in [0.3, 0.4) is 0 Å². The van der Waals surface area contributed by atoms with E-state index in [0.29, 0.717) is 11.1 Å². The van der Waals surface area contributed by atoms with E-state index in [1.54, 1.807) is 24.3 Å². The molecule has 2 aromatic carbocycles. The van der Waals surface area contributed by atoms with E-state index >= 15 is 0 Å². The van der Waals surface area contributed by atoms with Crippen molar-refractivity contribution in [1.82, 2.24) is 0 Å². The SMILES string of the molecule is O=C1OC(c2cccc(I)c2)=NC1=Cc1ccccc1[N+](=O)[O-]. The van der Waals surface area contributed by atoms with Crippen molar-refractivity contribution in [2.24, 2.45) is 4.99 Å². The van der Waals surface area contributed by atoms with Gasteiger partial charge >= 0.3 is 5.97 Å². The first-order valence-electron chi connectivity index (χ1n) is 6.56. The quantitative estimate of drug-likeness (QED) is 0.250. The molecule has 0 aliphatic carbocycles. The van der Waals surface area contributed by atoms with E-state index < -0.39 is 10.9 Å². The molecule has 0 unspecified atom stereocenters. The second kappa shape index (κ2) is 6.29. The fourth-order valence-electron chi connectivity index (χ4n) is 2.08. The fourth-order valence-corrected chi connectivity index (χ4v) is 2.62. The number of carbonyl (C=O) groups excluding carboxylic acids is 1. The van der Waals surface area contributed by atoms with Crippen molar-refractivity contribution in [2.75, 3.05) is 0 Å². The van der Waals surface area contributed by atoms with Crippen molar-refractivity contribution in [3.8, 4) is 0 Å². The van der Waals surface area contributed by atoms with Gasteiger partial charge < -0.3 is 4.74 Å². The van der Waals surface area contributed by atoms with Crippen LogP contribution in [0.25, 0.3) is 6.08 Å². The second-order valence-electron chi connectivity index (χ2n) is 4.66. The molecule has 0 aromatic heterocycles. The van der Waals surface area contributed by atoms with Crippen molar-refractivity contribution in [1.29, 1.82) is 0 Å². The van der Waals surface area contributed by atoms with E-state index in [1.807, 2.05) is 18.2 Å². The van der Waals surface area contributed by atoms with Gasteiger partial charge in [-0.2, -0.15) is 0 Å². The third-order valence-corrected chi connectivity index (χ3v) is 3.79. The van der Waals surface area contributed by atoms with E-state index in [9.17, 15) is 14.9 Å². The Balaban J connectivity index is 2.01. The number of carbonyl (C=O) groups is 1. The molecule has 7 heteroatoms. The van der Waals surface area contributed by atoms with Gasteiger partial charge in [-0.1, -0.05) is 18.2 Å². The predicted octanol–water partition coefficient (Wildman–Crippen LogP) is 3.54. The van der Waals surface area contributed by atoms with E-state index in [0.717, 1.165) is 3.57 Å². The maximum Gasteiger partial charge on any atom is 0.363 e. The number of halogens is 1. The summed E-state index contributed by atoms with van der Waals surface area (Å²) < 4.78 is 6.14. The van der Waals surface area contributed by atoms with Crippen LogP contribution in [0, 0.1) is 13.7 Å². The van der Waals surface area contributed by atoms with Crippen LogP contribution in [0.4, 0.5) is 5.69 Å². The number of nitrogens with zero attached hydrogens (tertiary/aromatic N) is 2. The minimum Gasteiger partial charge on any atom is -0.402 e. The molecule has 0 radical (unpaired) electrons. The number of nitro groups is 1. The number of cyclic esters (lactones) is 1. The number of nitro benzene ring substituents is 1. The Morgan fingerprint density at radius 1 is 1.17 bits per heavy atom. The van der Waals surface area contributed by atoms with Gasteiger partial charge in [0, 0.05) is 15.2 Å². The topological polar surface area (TPSA) is 81.8 Å². The normalized spacial score (nSPS) is 15.4. The van der Waals surface area contributed by atoms with Crippen LogP contribution in [-0.2, 0) is 9.53 Å². The van der Waals surface area contributed by atoms with Crippen LogP contribution in [0.15, 0.2) is 59.2 Å². The number of rotatable bonds is 3. The maximum atomic E-state index is 12.0. The smallest absolute Gasteiger partial charge is 0.363 e. The maximum absolute atomic E-state index is 12.0. The molecule has 2 aromatic rings. The lowest BCUT2D eigenvalue weighted by atomic mass is 10.1. The molecule has 0 N–H and O–H groups in total. The van der Waals surface area contributed by atoms with Gasteiger partial charge in [0.25, 0.3) is 5.69 Å². The molecule has 1 aliphatic heterocycles. The molecule has 0 spiro atoms. The molecule has 0 amide bonds. The van der Waals surface area contributed by atoms with E-state index in [4.69, 9.17) is 4.74 Å². The zero-order chi connectivity index (χ0) is 16.4. The standard InChI is InChI=1S/C16H9IN2O4/c17-12-6-3-5-11(8-12)15-18-13(16(20)23-15)9-10-4-1-2-7-14(10)19(21)22/h1-9H. The Kier molecular flexibility index (Phi) is 4.20. The molecule has 6 nitrogen and oxygen atoms in total. The van der Waals surface area contributed by atoms with Crippen molar-refractivity contribution in [2.45, 2.75) is 0 Å². The highest BCUT2D eigenvalue weighted by molar-refractivity contribution is 14.1. The lowest BCUT2D eigenvalue weighted by Gasteiger charge is -1.99. The summed E-state index contributed by atoms with van der Waals surface area (Å²) in [5.74, 6) is -0.435. The van der Waals surface area contributed by atoms with E-state index in [-0.39, 0.29) is 17.3 Å². The van der Waals surface area contributed by atoms with Gasteiger partial charge in [0.05, 0.1) is 10.5 Å². The number of aliphatic imine (C=N–C) groups is 1. The monoisotopic (exact) mass is 420 g/mol. The molecular formula is C16H9IN2O4. The van der Waals surface area contributed by atoms with Crippen LogP contribution in [-0.4, -0.2) is 16.8 Å². The highest BCUT2D eigenvalue weighted by Crippen LogP contribution is 2.24. The Morgan fingerprint density at radius 2 is 1.96 bits per heavy atom.